The first-order valence-corrected chi connectivity index (χ1v) is 8.15. The second kappa shape index (κ2) is 5.36. The van der Waals surface area contributed by atoms with Crippen molar-refractivity contribution < 1.29 is 4.42 Å². The lowest BCUT2D eigenvalue weighted by Gasteiger charge is -1.82. The third kappa shape index (κ3) is 2.40. The predicted octanol–water partition coefficient (Wildman–Crippen LogP) is 2.52. The highest BCUT2D eigenvalue weighted by atomic mass is 32.1. The van der Waals surface area contributed by atoms with E-state index in [2.05, 4.69) is 10.1 Å². The fourth-order valence-electron chi connectivity index (χ4n) is 1.96. The first-order chi connectivity index (χ1) is 10.8. The molecule has 0 fully saturated rings. The van der Waals surface area contributed by atoms with E-state index in [0.29, 0.717) is 21.1 Å². The lowest BCUT2D eigenvalue weighted by molar-refractivity contribution is 0.556. The van der Waals surface area contributed by atoms with Crippen LogP contribution in [-0.4, -0.2) is 14.6 Å². The molecule has 4 heterocycles. The summed E-state index contributed by atoms with van der Waals surface area (Å²) >= 11 is 2.93. The van der Waals surface area contributed by atoms with Crippen molar-refractivity contribution in [1.82, 2.24) is 14.6 Å². The Morgan fingerprint density at radius 2 is 2.18 bits per heavy atom. The minimum absolute atomic E-state index is 0.181. The van der Waals surface area contributed by atoms with Gasteiger partial charge >= 0.3 is 0 Å². The van der Waals surface area contributed by atoms with Gasteiger partial charge in [0.1, 0.15) is 10.3 Å². The van der Waals surface area contributed by atoms with Gasteiger partial charge in [-0.15, -0.1) is 16.4 Å². The zero-order valence-corrected chi connectivity index (χ0v) is 12.8. The van der Waals surface area contributed by atoms with Crippen LogP contribution in [0.15, 0.2) is 45.1 Å². The Morgan fingerprint density at radius 1 is 1.23 bits per heavy atom. The van der Waals surface area contributed by atoms with Gasteiger partial charge < -0.3 is 4.42 Å². The molecule has 0 aliphatic heterocycles. The van der Waals surface area contributed by atoms with Crippen molar-refractivity contribution in [1.29, 1.82) is 0 Å². The summed E-state index contributed by atoms with van der Waals surface area (Å²) in [6.07, 6.45) is 7.01. The van der Waals surface area contributed by atoms with Gasteiger partial charge in [0, 0.05) is 11.0 Å². The molecule has 4 aromatic heterocycles. The fraction of sp³-hybridized carbons (Fsp3) is 0. The van der Waals surface area contributed by atoms with Gasteiger partial charge in [-0.2, -0.15) is 9.50 Å². The van der Waals surface area contributed by atoms with Crippen molar-refractivity contribution in [3.8, 4) is 0 Å². The van der Waals surface area contributed by atoms with Crippen molar-refractivity contribution in [2.45, 2.75) is 0 Å². The zero-order valence-electron chi connectivity index (χ0n) is 11.2. The highest BCUT2D eigenvalue weighted by molar-refractivity contribution is 7.15. The van der Waals surface area contributed by atoms with Crippen molar-refractivity contribution in [2.75, 3.05) is 0 Å². The molecule has 4 aromatic rings. The number of thiazole rings is 1. The Balaban J connectivity index is 1.73. The van der Waals surface area contributed by atoms with E-state index < -0.39 is 0 Å². The van der Waals surface area contributed by atoms with E-state index in [1.807, 2.05) is 23.6 Å². The van der Waals surface area contributed by atoms with E-state index in [1.165, 1.54) is 15.9 Å². The standard InChI is InChI=1S/C15H9N3O2S2/c19-14-12(9-10-3-1-7-20-10)22-15-16-13(17-18(14)15)6-5-11-4-2-8-21-11/h1-9H/b6-5+,12-9-. The van der Waals surface area contributed by atoms with E-state index in [1.54, 1.807) is 41.9 Å². The van der Waals surface area contributed by atoms with Crippen LogP contribution in [0.2, 0.25) is 0 Å². The second-order valence-corrected chi connectivity index (χ2v) is 6.43. The molecule has 0 bridgehead atoms. The Bertz CT molecular complexity index is 1040. The third-order valence-electron chi connectivity index (χ3n) is 2.95. The maximum absolute atomic E-state index is 12.3. The molecule has 0 amide bonds. The van der Waals surface area contributed by atoms with Crippen molar-refractivity contribution in [3.05, 3.63) is 67.3 Å². The van der Waals surface area contributed by atoms with Crippen LogP contribution < -0.4 is 10.1 Å². The van der Waals surface area contributed by atoms with Gasteiger partial charge in [-0.05, 0) is 35.7 Å². The second-order valence-electron chi connectivity index (χ2n) is 4.44. The molecule has 0 unspecified atom stereocenters. The summed E-state index contributed by atoms with van der Waals surface area (Å²) in [7, 11) is 0. The van der Waals surface area contributed by atoms with Crippen LogP contribution in [-0.2, 0) is 0 Å². The maximum Gasteiger partial charge on any atom is 0.291 e. The van der Waals surface area contributed by atoms with Crippen molar-refractivity contribution in [2.24, 2.45) is 0 Å². The fourth-order valence-corrected chi connectivity index (χ4v) is 3.48. The normalized spacial score (nSPS) is 12.8. The monoisotopic (exact) mass is 327 g/mol. The maximum atomic E-state index is 12.3. The predicted molar refractivity (Wildman–Crippen MR) is 87.9 cm³/mol. The summed E-state index contributed by atoms with van der Waals surface area (Å²) < 4.78 is 7.10. The summed E-state index contributed by atoms with van der Waals surface area (Å²) in [6.45, 7) is 0. The molecule has 4 rings (SSSR count). The number of thiophene rings is 1. The summed E-state index contributed by atoms with van der Waals surface area (Å²) in [5.74, 6) is 1.17. The molecule has 0 spiro atoms. The topological polar surface area (TPSA) is 60.4 Å². The molecule has 0 N–H and O–H groups in total. The van der Waals surface area contributed by atoms with Gasteiger partial charge in [-0.1, -0.05) is 17.4 Å². The molecule has 0 saturated carbocycles. The van der Waals surface area contributed by atoms with Crippen LogP contribution in [0.5, 0.6) is 0 Å². The van der Waals surface area contributed by atoms with E-state index >= 15 is 0 Å². The van der Waals surface area contributed by atoms with E-state index in [4.69, 9.17) is 4.42 Å². The molecular formula is C15H9N3O2S2. The number of furan rings is 1. The SMILES string of the molecule is O=c1/c(=C/c2ccco2)sc2nc(/C=C/c3cccs3)nn12. The Morgan fingerprint density at radius 3 is 2.91 bits per heavy atom. The summed E-state index contributed by atoms with van der Waals surface area (Å²) in [5, 5.41) is 6.24. The quantitative estimate of drug-likeness (QED) is 0.580. The van der Waals surface area contributed by atoms with Gasteiger partial charge in [0.05, 0.1) is 6.26 Å². The first kappa shape index (κ1) is 13.2. The summed E-state index contributed by atoms with van der Waals surface area (Å²) in [5.41, 5.74) is -0.181. The van der Waals surface area contributed by atoms with Gasteiger partial charge in [0.2, 0.25) is 4.96 Å². The minimum atomic E-state index is -0.181. The van der Waals surface area contributed by atoms with Crippen LogP contribution in [0.1, 0.15) is 16.5 Å². The Kier molecular flexibility index (Phi) is 3.21. The molecular weight excluding hydrogens is 318 g/mol. The van der Waals surface area contributed by atoms with E-state index in [9.17, 15) is 4.79 Å². The van der Waals surface area contributed by atoms with Crippen LogP contribution >= 0.6 is 22.7 Å². The van der Waals surface area contributed by atoms with Crippen molar-refractivity contribution in [3.63, 3.8) is 0 Å². The third-order valence-corrected chi connectivity index (χ3v) is 4.75. The number of rotatable bonds is 3. The average molecular weight is 327 g/mol. The van der Waals surface area contributed by atoms with Gasteiger partial charge in [-0.3, -0.25) is 4.79 Å². The van der Waals surface area contributed by atoms with Gasteiger partial charge in [0.25, 0.3) is 5.56 Å². The molecule has 0 aliphatic carbocycles. The molecule has 7 heteroatoms. The minimum Gasteiger partial charge on any atom is -0.465 e. The van der Waals surface area contributed by atoms with Crippen molar-refractivity contribution >= 4 is 45.9 Å². The number of aromatic nitrogens is 3. The van der Waals surface area contributed by atoms with E-state index in [-0.39, 0.29) is 5.56 Å². The van der Waals surface area contributed by atoms with Gasteiger partial charge in [0.15, 0.2) is 5.82 Å². The average Bonchev–Trinajstić information content (AvgIpc) is 3.27. The Hall–Kier alpha value is -2.51. The molecule has 0 aliphatic rings. The van der Waals surface area contributed by atoms with Crippen LogP contribution in [0.25, 0.3) is 23.2 Å². The molecule has 22 heavy (non-hydrogen) atoms. The van der Waals surface area contributed by atoms with E-state index in [0.717, 1.165) is 4.88 Å². The largest absolute Gasteiger partial charge is 0.465 e. The van der Waals surface area contributed by atoms with Gasteiger partial charge in [-0.25, -0.2) is 0 Å². The number of fused-ring (bicyclic) bond motifs is 1. The highest BCUT2D eigenvalue weighted by Gasteiger charge is 2.09. The highest BCUT2D eigenvalue weighted by Crippen LogP contribution is 2.12. The summed E-state index contributed by atoms with van der Waals surface area (Å²) in [4.78, 5) is 18.3. The zero-order chi connectivity index (χ0) is 14.9. The van der Waals surface area contributed by atoms with Crippen LogP contribution in [0.4, 0.5) is 0 Å². The lowest BCUT2D eigenvalue weighted by Crippen LogP contribution is -2.23. The Labute approximate surface area is 132 Å². The molecule has 5 nitrogen and oxygen atoms in total. The molecule has 0 aromatic carbocycles. The number of hydrogen-bond donors (Lipinski definition) is 0. The number of hydrogen-bond acceptors (Lipinski definition) is 6. The molecule has 0 atom stereocenters. The van der Waals surface area contributed by atoms with Crippen LogP contribution in [0.3, 0.4) is 0 Å². The molecule has 108 valence electrons. The van der Waals surface area contributed by atoms with Crippen LogP contribution in [0, 0.1) is 0 Å². The smallest absolute Gasteiger partial charge is 0.291 e. The molecule has 0 saturated heterocycles. The lowest BCUT2D eigenvalue weighted by atomic mass is 10.4. The summed E-state index contributed by atoms with van der Waals surface area (Å²) in [6, 6.07) is 7.57. The molecule has 0 radical (unpaired) electrons. The number of nitrogens with zero attached hydrogens (tertiary/aromatic N) is 3. The first-order valence-electron chi connectivity index (χ1n) is 6.46.